The zero-order valence-corrected chi connectivity index (χ0v) is 15.3. The van der Waals surface area contributed by atoms with Gasteiger partial charge in [-0.15, -0.1) is 12.4 Å². The minimum atomic E-state index is -0.918. The summed E-state index contributed by atoms with van der Waals surface area (Å²) in [6.45, 7) is 4.77. The summed E-state index contributed by atoms with van der Waals surface area (Å²) in [5, 5.41) is 20.8. The smallest absolute Gasteiger partial charge is 0.335 e. The number of halogens is 1. The molecule has 5 nitrogen and oxygen atoms in total. The number of nitrogens with one attached hydrogen (secondary N) is 1. The molecule has 0 saturated heterocycles. The fraction of sp³-hybridized carbons (Fsp3) is 0.611. The van der Waals surface area contributed by atoms with Gasteiger partial charge in [0.1, 0.15) is 5.75 Å². The van der Waals surface area contributed by atoms with Crippen molar-refractivity contribution < 1.29 is 19.7 Å². The molecule has 1 atom stereocenters. The molecule has 1 fully saturated rings. The molecule has 0 spiro atoms. The normalized spacial score (nSPS) is 15.5. The Labute approximate surface area is 150 Å². The van der Waals surface area contributed by atoms with Gasteiger partial charge < -0.3 is 20.3 Å². The van der Waals surface area contributed by atoms with Crippen LogP contribution in [-0.4, -0.2) is 41.5 Å². The Bertz CT molecular complexity index is 447. The van der Waals surface area contributed by atoms with Gasteiger partial charge in [0.05, 0.1) is 18.8 Å². The predicted octanol–water partition coefficient (Wildman–Crippen LogP) is 3.49. The van der Waals surface area contributed by atoms with Crippen molar-refractivity contribution in [2.24, 2.45) is 0 Å². The molecule has 1 aromatic carbocycles. The molecule has 24 heavy (non-hydrogen) atoms. The third-order valence-corrected chi connectivity index (χ3v) is 3.81. The molecule has 0 bridgehead atoms. The van der Waals surface area contributed by atoms with Crippen LogP contribution in [0.15, 0.2) is 24.3 Å². The SMILES string of the molecule is CC(CO)NC1CCCCC1.CCOc1ccc(C(=O)O)cc1.Cl. The van der Waals surface area contributed by atoms with E-state index in [0.717, 1.165) is 0 Å². The molecule has 0 aliphatic heterocycles. The topological polar surface area (TPSA) is 78.8 Å². The molecule has 2 rings (SSSR count). The van der Waals surface area contributed by atoms with E-state index in [1.165, 1.54) is 44.2 Å². The summed E-state index contributed by atoms with van der Waals surface area (Å²) in [7, 11) is 0. The van der Waals surface area contributed by atoms with E-state index in [4.69, 9.17) is 14.9 Å². The van der Waals surface area contributed by atoms with E-state index in [1.807, 2.05) is 13.8 Å². The molecule has 1 unspecified atom stereocenters. The van der Waals surface area contributed by atoms with E-state index in [9.17, 15) is 4.79 Å². The third kappa shape index (κ3) is 9.11. The van der Waals surface area contributed by atoms with Gasteiger partial charge >= 0.3 is 5.97 Å². The van der Waals surface area contributed by atoms with Crippen LogP contribution in [0.5, 0.6) is 5.75 Å². The van der Waals surface area contributed by atoms with Gasteiger partial charge in [-0.25, -0.2) is 4.79 Å². The number of carbonyl (C=O) groups is 1. The van der Waals surface area contributed by atoms with Gasteiger partial charge in [-0.1, -0.05) is 19.3 Å². The van der Waals surface area contributed by atoms with Gasteiger partial charge in [-0.3, -0.25) is 0 Å². The van der Waals surface area contributed by atoms with Gasteiger partial charge in [-0.05, 0) is 51.0 Å². The van der Waals surface area contributed by atoms with Crippen LogP contribution in [0.25, 0.3) is 0 Å². The first-order valence-corrected chi connectivity index (χ1v) is 8.39. The van der Waals surface area contributed by atoms with Gasteiger partial charge in [0, 0.05) is 12.1 Å². The number of carboxylic acids is 1. The van der Waals surface area contributed by atoms with Crippen molar-refractivity contribution in [2.45, 2.75) is 58.0 Å². The van der Waals surface area contributed by atoms with Crippen LogP contribution in [0.4, 0.5) is 0 Å². The molecule has 1 saturated carbocycles. The third-order valence-electron chi connectivity index (χ3n) is 3.81. The number of benzene rings is 1. The number of aliphatic hydroxyl groups is 1. The predicted molar refractivity (Wildman–Crippen MR) is 98.4 cm³/mol. The van der Waals surface area contributed by atoms with Crippen LogP contribution in [-0.2, 0) is 0 Å². The Morgan fingerprint density at radius 1 is 1.25 bits per heavy atom. The molecule has 0 heterocycles. The van der Waals surface area contributed by atoms with Gasteiger partial charge in [0.15, 0.2) is 0 Å². The second-order valence-electron chi connectivity index (χ2n) is 5.85. The quantitative estimate of drug-likeness (QED) is 0.724. The van der Waals surface area contributed by atoms with Crippen molar-refractivity contribution in [1.29, 1.82) is 0 Å². The lowest BCUT2D eigenvalue weighted by Crippen LogP contribution is -2.39. The fourth-order valence-corrected chi connectivity index (χ4v) is 2.58. The highest BCUT2D eigenvalue weighted by Crippen LogP contribution is 2.17. The number of hydrogen-bond donors (Lipinski definition) is 3. The Morgan fingerprint density at radius 2 is 1.83 bits per heavy atom. The van der Waals surface area contributed by atoms with Crippen LogP contribution in [0.2, 0.25) is 0 Å². The average Bonchev–Trinajstić information content (AvgIpc) is 2.57. The van der Waals surface area contributed by atoms with Crippen molar-refractivity contribution in [3.8, 4) is 5.75 Å². The molecule has 1 aliphatic rings. The van der Waals surface area contributed by atoms with Crippen LogP contribution in [0, 0.1) is 0 Å². The molecule has 6 heteroatoms. The number of aromatic carboxylic acids is 1. The highest BCUT2D eigenvalue weighted by Gasteiger charge is 2.14. The molecular weight excluding hydrogens is 330 g/mol. The molecule has 0 aromatic heterocycles. The Balaban J connectivity index is 0.000000425. The lowest BCUT2D eigenvalue weighted by molar-refractivity contribution is 0.0697. The largest absolute Gasteiger partial charge is 0.494 e. The van der Waals surface area contributed by atoms with Gasteiger partial charge in [-0.2, -0.15) is 0 Å². The summed E-state index contributed by atoms with van der Waals surface area (Å²) >= 11 is 0. The standard InChI is InChI=1S/C9H19NO.C9H10O3.ClH/c1-8(7-11)10-9-5-3-2-4-6-9;1-2-12-8-5-3-7(4-6-8)9(10)11;/h8-11H,2-7H2,1H3;3-6H,2H2,1H3,(H,10,11);1H. The summed E-state index contributed by atoms with van der Waals surface area (Å²) in [4.78, 5) is 10.4. The second kappa shape index (κ2) is 13.0. The average molecular weight is 360 g/mol. The highest BCUT2D eigenvalue weighted by atomic mass is 35.5. The second-order valence-corrected chi connectivity index (χ2v) is 5.85. The number of hydrogen-bond acceptors (Lipinski definition) is 4. The molecule has 0 radical (unpaired) electrons. The monoisotopic (exact) mass is 359 g/mol. The lowest BCUT2D eigenvalue weighted by Gasteiger charge is -2.25. The maximum Gasteiger partial charge on any atom is 0.335 e. The minimum absolute atomic E-state index is 0. The molecule has 1 aliphatic carbocycles. The first-order valence-electron chi connectivity index (χ1n) is 8.39. The maximum absolute atomic E-state index is 10.4. The van der Waals surface area contributed by atoms with Crippen LogP contribution < -0.4 is 10.1 Å². The van der Waals surface area contributed by atoms with Gasteiger partial charge in [0.2, 0.25) is 0 Å². The number of rotatable bonds is 6. The summed E-state index contributed by atoms with van der Waals surface area (Å²) in [5.74, 6) is -0.222. The minimum Gasteiger partial charge on any atom is -0.494 e. The van der Waals surface area contributed by atoms with E-state index in [2.05, 4.69) is 5.32 Å². The van der Waals surface area contributed by atoms with E-state index in [-0.39, 0.29) is 30.6 Å². The molecular formula is C18H30ClNO4. The van der Waals surface area contributed by atoms with E-state index in [0.29, 0.717) is 18.4 Å². The summed E-state index contributed by atoms with van der Waals surface area (Å²) in [6, 6.07) is 7.28. The van der Waals surface area contributed by atoms with Crippen LogP contribution >= 0.6 is 12.4 Å². The van der Waals surface area contributed by atoms with Crippen molar-refractivity contribution in [1.82, 2.24) is 5.32 Å². The molecule has 3 N–H and O–H groups in total. The maximum atomic E-state index is 10.4. The summed E-state index contributed by atoms with van der Waals surface area (Å²) < 4.78 is 5.15. The zero-order valence-electron chi connectivity index (χ0n) is 14.5. The molecule has 1 aromatic rings. The first kappa shape index (κ1) is 22.7. The zero-order chi connectivity index (χ0) is 17.1. The van der Waals surface area contributed by atoms with Crippen molar-refractivity contribution in [3.63, 3.8) is 0 Å². The molecule has 138 valence electrons. The lowest BCUT2D eigenvalue weighted by atomic mass is 9.95. The van der Waals surface area contributed by atoms with E-state index in [1.54, 1.807) is 12.1 Å². The number of ether oxygens (including phenoxy) is 1. The van der Waals surface area contributed by atoms with Crippen LogP contribution in [0.3, 0.4) is 0 Å². The number of carboxylic acid groups (broad SMARTS) is 1. The number of aliphatic hydroxyl groups excluding tert-OH is 1. The summed E-state index contributed by atoms with van der Waals surface area (Å²) in [5.41, 5.74) is 0.276. The summed E-state index contributed by atoms with van der Waals surface area (Å²) in [6.07, 6.45) is 6.70. The van der Waals surface area contributed by atoms with Gasteiger partial charge in [0.25, 0.3) is 0 Å². The van der Waals surface area contributed by atoms with Crippen LogP contribution in [0.1, 0.15) is 56.3 Å². The Kier molecular flexibility index (Phi) is 12.3. The van der Waals surface area contributed by atoms with E-state index < -0.39 is 5.97 Å². The van der Waals surface area contributed by atoms with Crippen molar-refractivity contribution in [2.75, 3.05) is 13.2 Å². The van der Waals surface area contributed by atoms with E-state index >= 15 is 0 Å². The van der Waals surface area contributed by atoms with Crippen molar-refractivity contribution in [3.05, 3.63) is 29.8 Å². The Morgan fingerprint density at radius 3 is 2.29 bits per heavy atom. The van der Waals surface area contributed by atoms with Crippen molar-refractivity contribution >= 4 is 18.4 Å². The Hall–Kier alpha value is -1.30. The fourth-order valence-electron chi connectivity index (χ4n) is 2.58. The highest BCUT2D eigenvalue weighted by molar-refractivity contribution is 5.87. The first-order chi connectivity index (χ1) is 11.1. The molecule has 0 amide bonds.